The fourth-order valence-electron chi connectivity index (χ4n) is 4.24. The molecule has 0 spiro atoms. The van der Waals surface area contributed by atoms with E-state index in [1.807, 2.05) is 55.5 Å². The van der Waals surface area contributed by atoms with Crippen LogP contribution in [0.1, 0.15) is 12.6 Å². The van der Waals surface area contributed by atoms with Gasteiger partial charge in [-0.05, 0) is 19.1 Å². The summed E-state index contributed by atoms with van der Waals surface area (Å²) in [6, 6.07) is 15.3. The number of benzene rings is 1. The lowest BCUT2D eigenvalue weighted by Gasteiger charge is -2.14. The molecule has 4 aromatic heterocycles. The minimum atomic E-state index is -3.73. The molecule has 40 heavy (non-hydrogen) atoms. The molecule has 0 saturated heterocycles. The van der Waals surface area contributed by atoms with Gasteiger partial charge in [-0.15, -0.1) is 0 Å². The Morgan fingerprint density at radius 2 is 1.75 bits per heavy atom. The van der Waals surface area contributed by atoms with E-state index >= 15 is 0 Å². The molecule has 5 aromatic rings. The Hall–Kier alpha value is -5.10. The maximum atomic E-state index is 12.8. The molecule has 12 heteroatoms. The first-order valence-electron chi connectivity index (χ1n) is 12.3. The van der Waals surface area contributed by atoms with Gasteiger partial charge >= 0.3 is 0 Å². The van der Waals surface area contributed by atoms with Crippen LogP contribution < -0.4 is 16.4 Å². The van der Waals surface area contributed by atoms with E-state index in [9.17, 15) is 8.42 Å². The summed E-state index contributed by atoms with van der Waals surface area (Å²) < 4.78 is 26.9. The zero-order valence-electron chi connectivity index (χ0n) is 21.9. The predicted octanol–water partition coefficient (Wildman–Crippen LogP) is 3.91. The van der Waals surface area contributed by atoms with Crippen molar-refractivity contribution in [1.29, 1.82) is 0 Å². The largest absolute Gasteiger partial charge is 0.384 e. The molecule has 1 aromatic carbocycles. The maximum Gasteiger partial charge on any atom is 0.235 e. The number of pyridine rings is 1. The molecule has 0 bridgehead atoms. The first-order valence-corrected chi connectivity index (χ1v) is 14.2. The number of allylic oxidation sites excluding steroid dienone is 2. The molecule has 0 atom stereocenters. The number of rotatable bonds is 8. The van der Waals surface area contributed by atoms with Gasteiger partial charge in [-0.3, -0.25) is 9.88 Å². The molecular formula is C28H27N9O2S. The maximum absolute atomic E-state index is 12.8. The number of sulfone groups is 1. The minimum Gasteiger partial charge on any atom is -0.384 e. The normalized spacial score (nSPS) is 12.1. The number of fused-ring (bicyclic) bond motifs is 1. The van der Waals surface area contributed by atoms with Crippen molar-refractivity contribution in [1.82, 2.24) is 29.5 Å². The van der Waals surface area contributed by atoms with Gasteiger partial charge in [-0.1, -0.05) is 48.6 Å². The van der Waals surface area contributed by atoms with E-state index in [1.165, 1.54) is 4.52 Å². The highest BCUT2D eigenvalue weighted by Crippen LogP contribution is 2.30. The zero-order valence-corrected chi connectivity index (χ0v) is 22.7. The average molecular weight is 554 g/mol. The number of nitrogen functional groups attached to an aromatic ring is 2. The fourth-order valence-corrected chi connectivity index (χ4v) is 5.26. The SMILES string of the molecule is C/C=C\N(/C=C\Cc1nc2c(-c3ccc(-c4ccccc4)nc3)cnn2c(N)c1S(C)(=O)=O)c1nccc(N)n1. The lowest BCUT2D eigenvalue weighted by molar-refractivity contribution is 0.600. The van der Waals surface area contributed by atoms with Gasteiger partial charge in [0.25, 0.3) is 0 Å². The summed E-state index contributed by atoms with van der Waals surface area (Å²) in [5.74, 6) is 0.678. The van der Waals surface area contributed by atoms with Crippen LogP contribution in [0, 0.1) is 0 Å². The van der Waals surface area contributed by atoms with Crippen LogP contribution in [0.4, 0.5) is 17.6 Å². The number of nitrogens with zero attached hydrogens (tertiary/aromatic N) is 7. The molecular weight excluding hydrogens is 526 g/mol. The lowest BCUT2D eigenvalue weighted by Crippen LogP contribution is -2.14. The van der Waals surface area contributed by atoms with Crippen molar-refractivity contribution in [3.05, 3.63) is 97.4 Å². The number of hydrogen-bond donors (Lipinski definition) is 2. The van der Waals surface area contributed by atoms with Crippen molar-refractivity contribution in [2.24, 2.45) is 0 Å². The highest BCUT2D eigenvalue weighted by atomic mass is 32.2. The third-order valence-electron chi connectivity index (χ3n) is 6.00. The lowest BCUT2D eigenvalue weighted by atomic mass is 10.1. The molecule has 5 rings (SSSR count). The zero-order chi connectivity index (χ0) is 28.3. The van der Waals surface area contributed by atoms with E-state index in [2.05, 4.69) is 20.1 Å². The van der Waals surface area contributed by atoms with Gasteiger partial charge in [0.05, 0.1) is 17.6 Å². The highest BCUT2D eigenvalue weighted by molar-refractivity contribution is 7.91. The van der Waals surface area contributed by atoms with Crippen LogP contribution in [-0.2, 0) is 16.3 Å². The third-order valence-corrected chi connectivity index (χ3v) is 7.19. The summed E-state index contributed by atoms with van der Waals surface area (Å²) in [5.41, 5.74) is 16.2. The quantitative estimate of drug-likeness (QED) is 0.288. The Bertz CT molecular complexity index is 1830. The number of aromatic nitrogens is 6. The molecule has 4 N–H and O–H groups in total. The fraction of sp³-hybridized carbons (Fsp3) is 0.107. The van der Waals surface area contributed by atoms with Gasteiger partial charge in [-0.2, -0.15) is 14.6 Å². The molecule has 11 nitrogen and oxygen atoms in total. The summed E-state index contributed by atoms with van der Waals surface area (Å²) in [4.78, 5) is 19.4. The summed E-state index contributed by atoms with van der Waals surface area (Å²) in [6.07, 6.45) is 13.2. The summed E-state index contributed by atoms with van der Waals surface area (Å²) in [5, 5.41) is 4.34. The molecule has 0 unspecified atom stereocenters. The van der Waals surface area contributed by atoms with Crippen LogP contribution in [-0.4, -0.2) is 44.2 Å². The smallest absolute Gasteiger partial charge is 0.235 e. The first kappa shape index (κ1) is 26.5. The Kier molecular flexibility index (Phi) is 7.25. The second kappa shape index (κ2) is 10.9. The van der Waals surface area contributed by atoms with E-state index < -0.39 is 9.84 Å². The van der Waals surface area contributed by atoms with Gasteiger partial charge in [0.1, 0.15) is 16.5 Å². The van der Waals surface area contributed by atoms with Crippen LogP contribution in [0.3, 0.4) is 0 Å². The minimum absolute atomic E-state index is 0.0134. The second-order valence-corrected chi connectivity index (χ2v) is 10.8. The van der Waals surface area contributed by atoms with E-state index in [4.69, 9.17) is 16.5 Å². The molecule has 0 aliphatic heterocycles. The molecule has 0 amide bonds. The summed E-state index contributed by atoms with van der Waals surface area (Å²) >= 11 is 0. The van der Waals surface area contributed by atoms with Gasteiger partial charge < -0.3 is 11.5 Å². The molecule has 0 fully saturated rings. The van der Waals surface area contributed by atoms with E-state index in [0.717, 1.165) is 23.1 Å². The Labute approximate surface area is 231 Å². The van der Waals surface area contributed by atoms with Crippen molar-refractivity contribution < 1.29 is 8.42 Å². The van der Waals surface area contributed by atoms with Gasteiger partial charge in [0.15, 0.2) is 15.5 Å². The summed E-state index contributed by atoms with van der Waals surface area (Å²) in [7, 11) is -3.73. The van der Waals surface area contributed by atoms with Crippen molar-refractivity contribution in [2.75, 3.05) is 22.6 Å². The monoisotopic (exact) mass is 553 g/mol. The van der Waals surface area contributed by atoms with Crippen molar-refractivity contribution >= 4 is 33.1 Å². The average Bonchev–Trinajstić information content (AvgIpc) is 3.37. The molecule has 0 aliphatic carbocycles. The third kappa shape index (κ3) is 5.38. The Morgan fingerprint density at radius 3 is 2.42 bits per heavy atom. The number of nitrogens with two attached hydrogens (primary N) is 2. The van der Waals surface area contributed by atoms with Gasteiger partial charge in [-0.25, -0.2) is 18.4 Å². The van der Waals surface area contributed by atoms with Crippen LogP contribution in [0.25, 0.3) is 28.0 Å². The Balaban J connectivity index is 1.54. The van der Waals surface area contributed by atoms with Crippen LogP contribution in [0.5, 0.6) is 0 Å². The van der Waals surface area contributed by atoms with Crippen molar-refractivity contribution in [3.63, 3.8) is 0 Å². The van der Waals surface area contributed by atoms with Crippen LogP contribution >= 0.6 is 0 Å². The number of hydrogen-bond acceptors (Lipinski definition) is 10. The van der Waals surface area contributed by atoms with Crippen LogP contribution in [0.2, 0.25) is 0 Å². The highest BCUT2D eigenvalue weighted by Gasteiger charge is 2.23. The number of anilines is 3. The van der Waals surface area contributed by atoms with Crippen molar-refractivity contribution in [2.45, 2.75) is 18.2 Å². The van der Waals surface area contributed by atoms with Gasteiger partial charge in [0.2, 0.25) is 5.95 Å². The Morgan fingerprint density at radius 1 is 0.950 bits per heavy atom. The second-order valence-electron chi connectivity index (χ2n) is 8.90. The van der Waals surface area contributed by atoms with Crippen molar-refractivity contribution in [3.8, 4) is 22.4 Å². The molecule has 0 radical (unpaired) electrons. The molecule has 4 heterocycles. The topological polar surface area (TPSA) is 158 Å². The van der Waals surface area contributed by atoms with Gasteiger partial charge in [0, 0.05) is 54.2 Å². The van der Waals surface area contributed by atoms with Crippen LogP contribution in [0.15, 0.2) is 96.6 Å². The van der Waals surface area contributed by atoms with E-state index in [0.29, 0.717) is 23.0 Å². The predicted molar refractivity (Wildman–Crippen MR) is 156 cm³/mol. The standard InChI is InChI=1S/C28H27N9O2S/c1-3-15-36(28-31-14-13-24(29)35-28)16-7-10-23-25(40(2,38)39)26(30)37-27(34-23)21(18-33-37)20-11-12-22(32-17-20)19-8-5-4-6-9-19/h3-9,11-18H,10,30H2,1-2H3,(H2,29,31,35)/b15-3-,16-7-. The van der Waals surface area contributed by atoms with E-state index in [1.54, 1.807) is 48.0 Å². The van der Waals surface area contributed by atoms with E-state index in [-0.39, 0.29) is 22.8 Å². The molecule has 0 saturated carbocycles. The molecule has 0 aliphatic rings. The molecule has 202 valence electrons. The first-order chi connectivity index (χ1) is 19.3. The summed E-state index contributed by atoms with van der Waals surface area (Å²) in [6.45, 7) is 1.85.